The first-order valence-electron chi connectivity index (χ1n) is 5.18. The molecule has 94 valence electrons. The van der Waals surface area contributed by atoms with Crippen molar-refractivity contribution in [2.24, 2.45) is 0 Å². The van der Waals surface area contributed by atoms with Crippen molar-refractivity contribution in [3.8, 4) is 0 Å². The molecule has 0 spiro atoms. The predicted octanol–water partition coefficient (Wildman–Crippen LogP) is -0.570. The molecule has 1 saturated heterocycles. The summed E-state index contributed by atoms with van der Waals surface area (Å²) in [7, 11) is 0. The fourth-order valence-electron chi connectivity index (χ4n) is 1.76. The lowest BCUT2D eigenvalue weighted by atomic mass is 10.1. The first-order valence-corrected chi connectivity index (χ1v) is 5.18. The Morgan fingerprint density at radius 2 is 1.89 bits per heavy atom. The molecular weight excluding hydrogens is 238 g/mol. The van der Waals surface area contributed by atoms with Gasteiger partial charge in [-0.15, -0.1) is 0 Å². The quantitative estimate of drug-likeness (QED) is 0.478. The number of benzene rings is 1. The van der Waals surface area contributed by atoms with Gasteiger partial charge in [0.2, 0.25) is 11.8 Å². The molecule has 1 aliphatic rings. The number of hydrogen-bond acceptors (Lipinski definition) is 5. The molecule has 7 nitrogen and oxygen atoms in total. The maximum absolute atomic E-state index is 11.3. The van der Waals surface area contributed by atoms with Crippen molar-refractivity contribution in [1.82, 2.24) is 5.32 Å². The van der Waals surface area contributed by atoms with Gasteiger partial charge in [0.15, 0.2) is 0 Å². The van der Waals surface area contributed by atoms with Gasteiger partial charge in [-0.05, 0) is 18.2 Å². The minimum atomic E-state index is -1.09. The van der Waals surface area contributed by atoms with Crippen LogP contribution in [-0.4, -0.2) is 36.0 Å². The number of imide groups is 1. The number of nitrogens with one attached hydrogen (secondary N) is 1. The highest BCUT2D eigenvalue weighted by molar-refractivity contribution is 6.03. The summed E-state index contributed by atoms with van der Waals surface area (Å²) in [6.45, 7) is -0.0575. The van der Waals surface area contributed by atoms with Crippen LogP contribution >= 0.6 is 0 Å². The Labute approximate surface area is 102 Å². The van der Waals surface area contributed by atoms with Gasteiger partial charge in [-0.1, -0.05) is 0 Å². The summed E-state index contributed by atoms with van der Waals surface area (Å²) in [6, 6.07) is 4.16. The van der Waals surface area contributed by atoms with Crippen LogP contribution in [0, 0.1) is 0 Å². The number of aromatic carboxylic acids is 1. The molecule has 18 heavy (non-hydrogen) atoms. The number of piperazine rings is 1. The number of amides is 2. The smallest absolute Gasteiger partial charge is 0.335 e. The number of rotatable bonds is 2. The van der Waals surface area contributed by atoms with Crippen molar-refractivity contribution in [2.75, 3.05) is 23.7 Å². The van der Waals surface area contributed by atoms with Crippen molar-refractivity contribution < 1.29 is 19.5 Å². The van der Waals surface area contributed by atoms with Crippen LogP contribution in [0.15, 0.2) is 18.2 Å². The molecule has 1 fully saturated rings. The first kappa shape index (κ1) is 11.9. The number of carbonyl (C=O) groups excluding carboxylic acids is 2. The van der Waals surface area contributed by atoms with Crippen molar-refractivity contribution >= 4 is 29.2 Å². The Kier molecular flexibility index (Phi) is 2.88. The molecule has 2 rings (SSSR count). The summed E-state index contributed by atoms with van der Waals surface area (Å²) >= 11 is 0. The number of hydrogen-bond donors (Lipinski definition) is 3. The van der Waals surface area contributed by atoms with Gasteiger partial charge >= 0.3 is 5.97 Å². The van der Waals surface area contributed by atoms with Gasteiger partial charge in [0.05, 0.1) is 30.0 Å². The molecule has 4 N–H and O–H groups in total. The predicted molar refractivity (Wildman–Crippen MR) is 63.2 cm³/mol. The highest BCUT2D eigenvalue weighted by Crippen LogP contribution is 2.25. The summed E-state index contributed by atoms with van der Waals surface area (Å²) in [4.78, 5) is 34.8. The minimum Gasteiger partial charge on any atom is -0.478 e. The van der Waals surface area contributed by atoms with Crippen LogP contribution < -0.4 is 16.0 Å². The van der Waals surface area contributed by atoms with Gasteiger partial charge in [0.1, 0.15) is 0 Å². The second-order valence-corrected chi connectivity index (χ2v) is 3.91. The van der Waals surface area contributed by atoms with E-state index in [2.05, 4.69) is 5.32 Å². The summed E-state index contributed by atoms with van der Waals surface area (Å²) in [5.74, 6) is -1.97. The molecular formula is C11H11N3O4. The van der Waals surface area contributed by atoms with E-state index in [4.69, 9.17) is 10.8 Å². The fraction of sp³-hybridized carbons (Fsp3) is 0.182. The SMILES string of the molecule is Nc1ccc(C(=O)O)cc1N1CC(=O)NC(=O)C1. The number of anilines is 2. The van der Waals surface area contributed by atoms with E-state index in [0.717, 1.165) is 0 Å². The van der Waals surface area contributed by atoms with Crippen molar-refractivity contribution in [2.45, 2.75) is 0 Å². The molecule has 0 bridgehead atoms. The van der Waals surface area contributed by atoms with E-state index in [0.29, 0.717) is 11.4 Å². The molecule has 0 aliphatic carbocycles. The molecule has 0 saturated carbocycles. The van der Waals surface area contributed by atoms with E-state index < -0.39 is 17.8 Å². The lowest BCUT2D eigenvalue weighted by Crippen LogP contribution is -2.51. The van der Waals surface area contributed by atoms with Gasteiger partial charge in [-0.2, -0.15) is 0 Å². The number of nitrogens with two attached hydrogens (primary N) is 1. The number of nitrogens with zero attached hydrogens (tertiary/aromatic N) is 1. The molecule has 0 radical (unpaired) electrons. The highest BCUT2D eigenvalue weighted by atomic mass is 16.4. The normalized spacial score (nSPS) is 15.4. The topological polar surface area (TPSA) is 113 Å². The van der Waals surface area contributed by atoms with Gasteiger partial charge in [-0.3, -0.25) is 14.9 Å². The molecule has 1 heterocycles. The Hall–Kier alpha value is -2.57. The zero-order valence-corrected chi connectivity index (χ0v) is 9.34. The van der Waals surface area contributed by atoms with E-state index >= 15 is 0 Å². The van der Waals surface area contributed by atoms with Crippen LogP contribution in [0.3, 0.4) is 0 Å². The number of carbonyl (C=O) groups is 3. The van der Waals surface area contributed by atoms with E-state index in [1.165, 1.54) is 23.1 Å². The Balaban J connectivity index is 2.37. The Morgan fingerprint density at radius 1 is 1.28 bits per heavy atom. The van der Waals surface area contributed by atoms with Crippen LogP contribution in [0.25, 0.3) is 0 Å². The lowest BCUT2D eigenvalue weighted by molar-refractivity contribution is -0.130. The highest BCUT2D eigenvalue weighted by Gasteiger charge is 2.24. The van der Waals surface area contributed by atoms with Crippen molar-refractivity contribution in [3.05, 3.63) is 23.8 Å². The monoisotopic (exact) mass is 249 g/mol. The molecule has 1 aliphatic heterocycles. The number of carboxylic acids is 1. The first-order chi connectivity index (χ1) is 8.47. The van der Waals surface area contributed by atoms with Crippen LogP contribution in [-0.2, 0) is 9.59 Å². The Morgan fingerprint density at radius 3 is 2.44 bits per heavy atom. The van der Waals surface area contributed by atoms with E-state index in [1.807, 2.05) is 0 Å². The van der Waals surface area contributed by atoms with Gasteiger partial charge < -0.3 is 15.7 Å². The second kappa shape index (κ2) is 4.36. The van der Waals surface area contributed by atoms with Gasteiger partial charge in [0, 0.05) is 0 Å². The standard InChI is InChI=1S/C11H11N3O4/c12-7-2-1-6(11(17)18)3-8(7)14-4-9(15)13-10(16)5-14/h1-3H,4-5,12H2,(H,17,18)(H,13,15,16). The largest absolute Gasteiger partial charge is 0.478 e. The fourth-order valence-corrected chi connectivity index (χ4v) is 1.76. The lowest BCUT2D eigenvalue weighted by Gasteiger charge is -2.28. The summed E-state index contributed by atoms with van der Waals surface area (Å²) < 4.78 is 0. The number of carboxylic acid groups (broad SMARTS) is 1. The molecule has 7 heteroatoms. The van der Waals surface area contributed by atoms with Gasteiger partial charge in [0.25, 0.3) is 0 Å². The average molecular weight is 249 g/mol. The minimum absolute atomic E-state index is 0.0288. The molecule has 1 aromatic carbocycles. The van der Waals surface area contributed by atoms with Crippen LogP contribution in [0.5, 0.6) is 0 Å². The van der Waals surface area contributed by atoms with Crippen molar-refractivity contribution in [1.29, 1.82) is 0 Å². The third-order valence-corrected chi connectivity index (χ3v) is 2.57. The zero-order chi connectivity index (χ0) is 13.3. The molecule has 0 aromatic heterocycles. The third-order valence-electron chi connectivity index (χ3n) is 2.57. The molecule has 1 aromatic rings. The van der Waals surface area contributed by atoms with E-state index in [1.54, 1.807) is 0 Å². The average Bonchev–Trinajstić information content (AvgIpc) is 2.27. The summed E-state index contributed by atoms with van der Waals surface area (Å²) in [5.41, 5.74) is 6.48. The van der Waals surface area contributed by atoms with Crippen LogP contribution in [0.2, 0.25) is 0 Å². The molecule has 2 amide bonds. The van der Waals surface area contributed by atoms with E-state index in [-0.39, 0.29) is 18.7 Å². The Bertz CT molecular complexity index is 525. The second-order valence-electron chi connectivity index (χ2n) is 3.91. The third kappa shape index (κ3) is 2.24. The zero-order valence-electron chi connectivity index (χ0n) is 9.34. The summed E-state index contributed by atoms with van der Waals surface area (Å²) in [5, 5.41) is 11.1. The summed E-state index contributed by atoms with van der Waals surface area (Å²) in [6.07, 6.45) is 0. The maximum Gasteiger partial charge on any atom is 0.335 e. The number of nitrogen functional groups attached to an aromatic ring is 1. The van der Waals surface area contributed by atoms with Crippen molar-refractivity contribution in [3.63, 3.8) is 0 Å². The van der Waals surface area contributed by atoms with Gasteiger partial charge in [-0.25, -0.2) is 4.79 Å². The van der Waals surface area contributed by atoms with Crippen LogP contribution in [0.1, 0.15) is 10.4 Å². The molecule has 0 atom stereocenters. The molecule has 0 unspecified atom stereocenters. The van der Waals surface area contributed by atoms with Crippen LogP contribution in [0.4, 0.5) is 11.4 Å². The maximum atomic E-state index is 11.3. The van der Waals surface area contributed by atoms with E-state index in [9.17, 15) is 14.4 Å².